The van der Waals surface area contributed by atoms with E-state index in [-0.39, 0.29) is 11.3 Å². The number of methoxy groups -OCH3 is 1. The van der Waals surface area contributed by atoms with Crippen LogP contribution in [0.2, 0.25) is 0 Å². The Morgan fingerprint density at radius 2 is 2.21 bits per heavy atom. The quantitative estimate of drug-likeness (QED) is 0.613. The monoisotopic (exact) mass is 262 g/mol. The van der Waals surface area contributed by atoms with Crippen molar-refractivity contribution in [3.05, 3.63) is 44.8 Å². The third-order valence-electron chi connectivity index (χ3n) is 2.56. The van der Waals surface area contributed by atoms with E-state index in [9.17, 15) is 14.5 Å². The molecule has 1 heterocycles. The predicted molar refractivity (Wildman–Crippen MR) is 65.6 cm³/mol. The fourth-order valence-electron chi connectivity index (χ4n) is 1.62. The zero-order chi connectivity index (χ0) is 14.0. The summed E-state index contributed by atoms with van der Waals surface area (Å²) in [4.78, 5) is 37.7. The number of aromatic nitrogens is 1. The predicted octanol–water partition coefficient (Wildman–Crippen LogP) is 1.48. The van der Waals surface area contributed by atoms with E-state index in [0.717, 1.165) is 12.7 Å². The van der Waals surface area contributed by atoms with Crippen molar-refractivity contribution < 1.29 is 13.9 Å². The number of aryl methyl sites for hydroxylation is 1. The molecule has 0 bridgehead atoms. The van der Waals surface area contributed by atoms with Crippen LogP contribution < -0.4 is 5.63 Å². The highest BCUT2D eigenvalue weighted by atomic mass is 16.5. The van der Waals surface area contributed by atoms with Crippen LogP contribution in [-0.4, -0.2) is 18.1 Å². The van der Waals surface area contributed by atoms with Crippen LogP contribution in [-0.2, 0) is 9.53 Å². The Kier molecular flexibility index (Phi) is 3.37. The average Bonchev–Trinajstić information content (AvgIpc) is 2.40. The van der Waals surface area contributed by atoms with E-state index in [0.29, 0.717) is 5.52 Å². The second kappa shape index (κ2) is 4.97. The molecule has 0 N–H and O–H groups in total. The molecule has 0 amide bonds. The van der Waals surface area contributed by atoms with Gasteiger partial charge in [-0.25, -0.2) is 14.6 Å². The van der Waals surface area contributed by atoms with Crippen LogP contribution in [0.1, 0.15) is 17.3 Å². The molecular formula is C12H10N2O5. The van der Waals surface area contributed by atoms with Gasteiger partial charge in [0.15, 0.2) is 11.3 Å². The van der Waals surface area contributed by atoms with Gasteiger partial charge in [0.1, 0.15) is 5.52 Å². The summed E-state index contributed by atoms with van der Waals surface area (Å²) in [5, 5.41) is 2.57. The van der Waals surface area contributed by atoms with Crippen LogP contribution in [0.15, 0.2) is 32.6 Å². The molecule has 0 saturated heterocycles. The number of rotatable bonds is 3. The van der Waals surface area contributed by atoms with Crippen molar-refractivity contribution in [1.82, 2.24) is 4.98 Å². The first kappa shape index (κ1) is 12.9. The first-order valence-electron chi connectivity index (χ1n) is 5.38. The Morgan fingerprint density at radius 3 is 2.84 bits per heavy atom. The van der Waals surface area contributed by atoms with Gasteiger partial charge in [0.05, 0.1) is 7.11 Å². The minimum Gasteiger partial charge on any atom is -0.467 e. The molecule has 19 heavy (non-hydrogen) atoms. The van der Waals surface area contributed by atoms with Crippen LogP contribution in [0, 0.1) is 11.8 Å². The van der Waals surface area contributed by atoms with Gasteiger partial charge in [-0.15, -0.1) is 4.91 Å². The molecule has 98 valence electrons. The second-order valence-corrected chi connectivity index (χ2v) is 3.89. The summed E-state index contributed by atoms with van der Waals surface area (Å²) >= 11 is 0. The van der Waals surface area contributed by atoms with Gasteiger partial charge in [0.2, 0.25) is 6.04 Å². The van der Waals surface area contributed by atoms with Crippen molar-refractivity contribution in [2.24, 2.45) is 5.18 Å². The lowest BCUT2D eigenvalue weighted by Gasteiger charge is -2.06. The Balaban J connectivity index is 2.66. The molecular weight excluding hydrogens is 252 g/mol. The Hall–Kier alpha value is -2.57. The minimum atomic E-state index is -1.62. The summed E-state index contributed by atoms with van der Waals surface area (Å²) in [5.74, 6) is -0.957. The number of nitroso groups, excluding NO2 is 1. The minimum absolute atomic E-state index is 0.272. The molecule has 0 radical (unpaired) electrons. The highest BCUT2D eigenvalue weighted by Gasteiger charge is 2.28. The van der Waals surface area contributed by atoms with Crippen molar-refractivity contribution in [2.45, 2.75) is 13.0 Å². The van der Waals surface area contributed by atoms with E-state index >= 15 is 0 Å². The zero-order valence-electron chi connectivity index (χ0n) is 10.2. The lowest BCUT2D eigenvalue weighted by atomic mass is 10.2. The Bertz CT molecular complexity index is 707. The van der Waals surface area contributed by atoms with Crippen LogP contribution in [0.5, 0.6) is 0 Å². The van der Waals surface area contributed by atoms with Crippen molar-refractivity contribution in [3.63, 3.8) is 0 Å². The molecule has 0 aliphatic heterocycles. The van der Waals surface area contributed by atoms with Crippen molar-refractivity contribution in [2.75, 3.05) is 7.11 Å². The summed E-state index contributed by atoms with van der Waals surface area (Å²) in [7, 11) is 1.09. The van der Waals surface area contributed by atoms with Gasteiger partial charge >= 0.3 is 11.6 Å². The fourth-order valence-corrected chi connectivity index (χ4v) is 1.62. The third-order valence-corrected chi connectivity index (χ3v) is 2.56. The Morgan fingerprint density at radius 1 is 1.47 bits per heavy atom. The van der Waals surface area contributed by atoms with Crippen molar-refractivity contribution in [1.29, 1.82) is 0 Å². The van der Waals surface area contributed by atoms with Crippen molar-refractivity contribution in [3.8, 4) is 0 Å². The highest BCUT2D eigenvalue weighted by Crippen LogP contribution is 2.18. The smallest absolute Gasteiger partial charge is 0.361 e. The molecule has 2 rings (SSSR count). The number of hydrogen-bond acceptors (Lipinski definition) is 7. The number of carbonyl (C=O) groups is 1. The fraction of sp³-hybridized carbons (Fsp3) is 0.250. The summed E-state index contributed by atoms with van der Waals surface area (Å²) in [5.41, 5.74) is 0.279. The number of hydrogen-bond donors (Lipinski definition) is 0. The SMILES string of the molecule is COC(=O)C(N=O)c1nc2cc(C)ccc2oc1=O. The molecule has 2 aromatic rings. The van der Waals surface area contributed by atoms with Gasteiger partial charge < -0.3 is 9.15 Å². The van der Waals surface area contributed by atoms with Gasteiger partial charge in [-0.3, -0.25) is 0 Å². The molecule has 1 aromatic heterocycles. The first-order valence-corrected chi connectivity index (χ1v) is 5.38. The molecule has 1 atom stereocenters. The zero-order valence-corrected chi connectivity index (χ0v) is 10.2. The average molecular weight is 262 g/mol. The van der Waals surface area contributed by atoms with E-state index in [1.807, 2.05) is 6.92 Å². The molecule has 0 fully saturated rings. The van der Waals surface area contributed by atoms with Crippen molar-refractivity contribution >= 4 is 17.1 Å². The van der Waals surface area contributed by atoms with E-state index in [1.54, 1.807) is 18.2 Å². The molecule has 1 aromatic carbocycles. The molecule has 7 heteroatoms. The van der Waals surface area contributed by atoms with E-state index in [4.69, 9.17) is 4.42 Å². The second-order valence-electron chi connectivity index (χ2n) is 3.89. The van der Waals surface area contributed by atoms with Gasteiger partial charge in [-0.05, 0) is 29.8 Å². The number of carbonyl (C=O) groups excluding carboxylic acids is 1. The Labute approximate surface area is 107 Å². The molecule has 1 unspecified atom stereocenters. The van der Waals surface area contributed by atoms with Gasteiger partial charge in [0, 0.05) is 0 Å². The summed E-state index contributed by atoms with van der Waals surface area (Å²) in [6, 6.07) is 3.39. The van der Waals surface area contributed by atoms with Crippen LogP contribution in [0.3, 0.4) is 0 Å². The van der Waals surface area contributed by atoms with Gasteiger partial charge in [-0.2, -0.15) is 0 Å². The highest BCUT2D eigenvalue weighted by molar-refractivity contribution is 5.78. The van der Waals surface area contributed by atoms with E-state index < -0.39 is 17.6 Å². The third kappa shape index (κ3) is 2.35. The number of ether oxygens (including phenoxy) is 1. The normalized spacial score (nSPS) is 12.1. The molecule has 0 spiro atoms. The number of fused-ring (bicyclic) bond motifs is 1. The van der Waals surface area contributed by atoms with E-state index in [2.05, 4.69) is 14.9 Å². The maximum absolute atomic E-state index is 11.7. The number of nitrogens with zero attached hydrogens (tertiary/aromatic N) is 2. The van der Waals surface area contributed by atoms with Gasteiger partial charge in [0.25, 0.3) is 0 Å². The van der Waals surface area contributed by atoms with Crippen LogP contribution >= 0.6 is 0 Å². The molecule has 0 aliphatic rings. The topological polar surface area (TPSA) is 98.8 Å². The number of esters is 1. The lowest BCUT2D eigenvalue weighted by molar-refractivity contribution is -0.142. The van der Waals surface area contributed by atoms with Crippen LogP contribution in [0.25, 0.3) is 11.1 Å². The molecule has 7 nitrogen and oxygen atoms in total. The summed E-state index contributed by atoms with van der Waals surface area (Å²) in [6.45, 7) is 1.83. The van der Waals surface area contributed by atoms with Gasteiger partial charge in [-0.1, -0.05) is 6.07 Å². The number of benzene rings is 1. The largest absolute Gasteiger partial charge is 0.467 e. The van der Waals surface area contributed by atoms with E-state index in [1.165, 1.54) is 0 Å². The lowest BCUT2D eigenvalue weighted by Crippen LogP contribution is -2.21. The van der Waals surface area contributed by atoms with Crippen LogP contribution in [0.4, 0.5) is 0 Å². The summed E-state index contributed by atoms with van der Waals surface area (Å²) in [6.07, 6.45) is 0. The summed E-state index contributed by atoms with van der Waals surface area (Å²) < 4.78 is 9.40. The maximum Gasteiger partial charge on any atom is 0.361 e. The molecule has 0 saturated carbocycles. The first-order chi connectivity index (χ1) is 9.06. The standard InChI is InChI=1S/C12H10N2O5/c1-6-3-4-8-7(5-6)13-9(12(16)19-8)10(14-17)11(15)18-2/h3-5,10H,1-2H3. The maximum atomic E-state index is 11.7. The molecule has 0 aliphatic carbocycles.